The number of rotatable bonds is 12. The molecule has 2 aliphatic rings. The lowest BCUT2D eigenvalue weighted by atomic mass is 9.81. The van der Waals surface area contributed by atoms with Gasteiger partial charge >= 0.3 is 6.03 Å². The molecule has 0 bridgehead atoms. The lowest BCUT2D eigenvalue weighted by Gasteiger charge is -2.47. The molecule has 4 amide bonds. The minimum Gasteiger partial charge on any atom is -0.496 e. The molecule has 8 heteroatoms. The first kappa shape index (κ1) is 26.7. The molecule has 0 radical (unpaired) electrons. The van der Waals surface area contributed by atoms with Crippen molar-refractivity contribution in [2.24, 2.45) is 11.8 Å². The maximum absolute atomic E-state index is 13.5. The highest BCUT2D eigenvalue weighted by Gasteiger charge is 2.46. The number of unbranched alkanes of at least 4 members (excludes halogenated alkanes) is 1. The number of imide groups is 1. The van der Waals surface area contributed by atoms with Gasteiger partial charge in [0.1, 0.15) is 12.0 Å². The molecular formula is C27H39N3O5. The largest absolute Gasteiger partial charge is 0.496 e. The number of methoxy groups -OCH3 is 1. The van der Waals surface area contributed by atoms with Gasteiger partial charge in [0.15, 0.2) is 0 Å². The van der Waals surface area contributed by atoms with Gasteiger partial charge in [0.2, 0.25) is 11.8 Å². The van der Waals surface area contributed by atoms with Crippen molar-refractivity contribution in [1.29, 1.82) is 0 Å². The lowest BCUT2D eigenvalue weighted by Crippen LogP contribution is -2.62. The standard InChI is InChI=1S/C27H39N3O5/c1-19(2)13-14-28-25(32)10-6-7-15-29-26(33)22-8-4-5-9-23(22)30(27(29)34)17-21-16-20(18-31)11-12-24(21)35-3/h11-12,16,18-19,22-23H,4-10,13-15,17H2,1-3H3,(H,28,32). The minimum absolute atomic E-state index is 0.0121. The summed E-state index contributed by atoms with van der Waals surface area (Å²) in [5.74, 6) is 0.867. The number of fused-ring (bicyclic) bond motifs is 1. The van der Waals surface area contributed by atoms with Crippen LogP contribution in [0.4, 0.5) is 4.79 Å². The van der Waals surface area contributed by atoms with Crippen LogP contribution in [0.3, 0.4) is 0 Å². The van der Waals surface area contributed by atoms with Crippen LogP contribution in [0.5, 0.6) is 5.75 Å². The normalized spacial score (nSPS) is 20.1. The second-order valence-corrected chi connectivity index (χ2v) is 10.0. The van der Waals surface area contributed by atoms with Crippen LogP contribution in [0.1, 0.15) is 81.1 Å². The molecule has 2 unspecified atom stereocenters. The van der Waals surface area contributed by atoms with E-state index < -0.39 is 0 Å². The summed E-state index contributed by atoms with van der Waals surface area (Å²) in [6, 6.07) is 4.73. The maximum atomic E-state index is 13.5. The Bertz CT molecular complexity index is 916. The number of carbonyl (C=O) groups is 4. The van der Waals surface area contributed by atoms with Crippen molar-refractivity contribution in [2.75, 3.05) is 20.2 Å². The lowest BCUT2D eigenvalue weighted by molar-refractivity contribution is -0.140. The van der Waals surface area contributed by atoms with Crippen LogP contribution in [-0.4, -0.2) is 60.2 Å². The number of nitrogens with zero attached hydrogens (tertiary/aromatic N) is 2. The Balaban J connectivity index is 1.66. The highest BCUT2D eigenvalue weighted by atomic mass is 16.5. The van der Waals surface area contributed by atoms with Gasteiger partial charge in [0.25, 0.3) is 0 Å². The molecule has 192 valence electrons. The Labute approximate surface area is 208 Å². The monoisotopic (exact) mass is 485 g/mol. The van der Waals surface area contributed by atoms with Gasteiger partial charge in [0, 0.05) is 36.7 Å². The number of benzene rings is 1. The van der Waals surface area contributed by atoms with Crippen LogP contribution >= 0.6 is 0 Å². The summed E-state index contributed by atoms with van der Waals surface area (Å²) in [5.41, 5.74) is 1.27. The molecule has 2 fully saturated rings. The zero-order chi connectivity index (χ0) is 25.4. The Morgan fingerprint density at radius 3 is 2.69 bits per heavy atom. The van der Waals surface area contributed by atoms with Crippen LogP contribution < -0.4 is 10.1 Å². The zero-order valence-corrected chi connectivity index (χ0v) is 21.3. The van der Waals surface area contributed by atoms with Crippen LogP contribution in [0, 0.1) is 11.8 Å². The number of hydrogen-bond acceptors (Lipinski definition) is 5. The third-order valence-electron chi connectivity index (χ3n) is 7.05. The summed E-state index contributed by atoms with van der Waals surface area (Å²) in [6.07, 6.45) is 6.84. The van der Waals surface area contributed by atoms with Gasteiger partial charge in [-0.05, 0) is 56.2 Å². The number of urea groups is 1. The molecule has 35 heavy (non-hydrogen) atoms. The molecule has 1 aromatic carbocycles. The van der Waals surface area contributed by atoms with E-state index in [1.165, 1.54) is 4.90 Å². The molecule has 0 spiro atoms. The van der Waals surface area contributed by atoms with Gasteiger partial charge < -0.3 is 15.0 Å². The van der Waals surface area contributed by atoms with Crippen LogP contribution in [0.15, 0.2) is 18.2 Å². The van der Waals surface area contributed by atoms with E-state index >= 15 is 0 Å². The minimum atomic E-state index is -0.293. The molecular weight excluding hydrogens is 446 g/mol. The Morgan fingerprint density at radius 2 is 1.97 bits per heavy atom. The smallest absolute Gasteiger partial charge is 0.327 e. The predicted molar refractivity (Wildman–Crippen MR) is 133 cm³/mol. The third-order valence-corrected chi connectivity index (χ3v) is 7.05. The summed E-state index contributed by atoms with van der Waals surface area (Å²) in [4.78, 5) is 53.3. The quantitative estimate of drug-likeness (QED) is 0.354. The summed E-state index contributed by atoms with van der Waals surface area (Å²) in [6.45, 7) is 5.50. The van der Waals surface area contributed by atoms with E-state index in [1.807, 2.05) is 0 Å². The third kappa shape index (κ3) is 6.83. The van der Waals surface area contributed by atoms with Crippen molar-refractivity contribution in [3.8, 4) is 5.75 Å². The number of amides is 4. The molecule has 1 N–H and O–H groups in total. The van der Waals surface area contributed by atoms with E-state index in [9.17, 15) is 19.2 Å². The first-order chi connectivity index (χ1) is 16.8. The van der Waals surface area contributed by atoms with Crippen molar-refractivity contribution in [3.63, 3.8) is 0 Å². The van der Waals surface area contributed by atoms with Crippen LogP contribution in [-0.2, 0) is 16.1 Å². The van der Waals surface area contributed by atoms with Gasteiger partial charge in [-0.3, -0.25) is 19.3 Å². The molecule has 1 saturated carbocycles. The Hall–Kier alpha value is -2.90. The first-order valence-electron chi connectivity index (χ1n) is 12.9. The Morgan fingerprint density at radius 1 is 1.20 bits per heavy atom. The molecule has 0 aromatic heterocycles. The van der Waals surface area contributed by atoms with Crippen molar-refractivity contribution >= 4 is 24.1 Å². The molecule has 8 nitrogen and oxygen atoms in total. The van der Waals surface area contributed by atoms with E-state index in [0.29, 0.717) is 49.6 Å². The highest BCUT2D eigenvalue weighted by molar-refractivity contribution is 5.98. The average molecular weight is 486 g/mol. The van der Waals surface area contributed by atoms with Crippen molar-refractivity contribution < 1.29 is 23.9 Å². The van der Waals surface area contributed by atoms with Crippen molar-refractivity contribution in [1.82, 2.24) is 15.1 Å². The van der Waals surface area contributed by atoms with E-state index in [4.69, 9.17) is 4.74 Å². The van der Waals surface area contributed by atoms with Gasteiger partial charge in [0.05, 0.1) is 19.6 Å². The Kier molecular flexibility index (Phi) is 9.69. The summed E-state index contributed by atoms with van der Waals surface area (Å²) >= 11 is 0. The second kappa shape index (κ2) is 12.7. The van der Waals surface area contributed by atoms with E-state index in [2.05, 4.69) is 19.2 Å². The summed E-state index contributed by atoms with van der Waals surface area (Å²) in [5, 5.41) is 2.93. The molecule has 3 rings (SSSR count). The number of carbonyl (C=O) groups excluding carboxylic acids is 4. The predicted octanol–water partition coefficient (Wildman–Crippen LogP) is 4.16. The second-order valence-electron chi connectivity index (χ2n) is 10.0. The van der Waals surface area contributed by atoms with Crippen molar-refractivity contribution in [3.05, 3.63) is 29.3 Å². The number of hydrogen-bond donors (Lipinski definition) is 1. The fourth-order valence-electron chi connectivity index (χ4n) is 5.08. The summed E-state index contributed by atoms with van der Waals surface area (Å²) in [7, 11) is 1.57. The summed E-state index contributed by atoms with van der Waals surface area (Å²) < 4.78 is 5.48. The van der Waals surface area contributed by atoms with Gasteiger partial charge in [-0.25, -0.2) is 4.79 Å². The van der Waals surface area contributed by atoms with E-state index in [0.717, 1.165) is 44.0 Å². The van der Waals surface area contributed by atoms with E-state index in [-0.39, 0.29) is 36.3 Å². The fraction of sp³-hybridized carbons (Fsp3) is 0.630. The highest BCUT2D eigenvalue weighted by Crippen LogP contribution is 2.36. The average Bonchev–Trinajstić information content (AvgIpc) is 2.85. The molecule has 1 aromatic rings. The topological polar surface area (TPSA) is 96.0 Å². The van der Waals surface area contributed by atoms with Crippen molar-refractivity contribution in [2.45, 2.75) is 77.8 Å². The number of ether oxygens (including phenoxy) is 1. The zero-order valence-electron chi connectivity index (χ0n) is 21.3. The number of nitrogens with one attached hydrogen (secondary N) is 1. The fourth-order valence-corrected chi connectivity index (χ4v) is 5.08. The molecule has 1 aliphatic heterocycles. The van der Waals surface area contributed by atoms with Gasteiger partial charge in [-0.1, -0.05) is 26.7 Å². The number of aldehydes is 1. The van der Waals surface area contributed by atoms with Gasteiger partial charge in [-0.15, -0.1) is 0 Å². The maximum Gasteiger partial charge on any atom is 0.327 e. The molecule has 1 heterocycles. The SMILES string of the molecule is COc1ccc(C=O)cc1CN1C(=O)N(CCCCC(=O)NCCC(C)C)C(=O)C2CCCCC21. The molecule has 1 saturated heterocycles. The molecule has 2 atom stereocenters. The van der Waals surface area contributed by atoms with E-state index in [1.54, 1.807) is 30.2 Å². The van der Waals surface area contributed by atoms with Crippen LogP contribution in [0.25, 0.3) is 0 Å². The van der Waals surface area contributed by atoms with Gasteiger partial charge in [-0.2, -0.15) is 0 Å². The van der Waals surface area contributed by atoms with Crippen LogP contribution in [0.2, 0.25) is 0 Å². The molecule has 1 aliphatic carbocycles. The first-order valence-corrected chi connectivity index (χ1v) is 12.9.